The van der Waals surface area contributed by atoms with Crippen molar-refractivity contribution in [2.45, 2.75) is 44.8 Å². The van der Waals surface area contributed by atoms with Crippen LogP contribution < -0.4 is 5.32 Å². The van der Waals surface area contributed by atoms with E-state index < -0.39 is 0 Å². The molecular formula is C22H28N2O5S. The van der Waals surface area contributed by atoms with E-state index in [-0.39, 0.29) is 24.2 Å². The van der Waals surface area contributed by atoms with Crippen LogP contribution in [0.4, 0.5) is 10.5 Å². The number of hydrogen-bond donors (Lipinski definition) is 1. The highest BCUT2D eigenvalue weighted by molar-refractivity contribution is 7.20. The van der Waals surface area contributed by atoms with Crippen LogP contribution in [0.5, 0.6) is 0 Å². The summed E-state index contributed by atoms with van der Waals surface area (Å²) in [4.78, 5) is 27.4. The summed E-state index contributed by atoms with van der Waals surface area (Å²) in [5.74, 6) is -0.316. The molecule has 0 saturated carbocycles. The number of nitrogens with one attached hydrogen (secondary N) is 1. The van der Waals surface area contributed by atoms with Gasteiger partial charge in [0.15, 0.2) is 0 Å². The zero-order valence-corrected chi connectivity index (χ0v) is 18.0. The molecule has 0 unspecified atom stereocenters. The standard InChI is InChI=1S/C22H28N2O5S/c1-2-27-21(25)20-12-15-11-16(7-8-19(15)30-20)23-22(26)24(13-17-5-3-9-28-17)14-18-6-4-10-29-18/h7-8,11-12,17-18H,2-6,9-10,13-14H2,1H3,(H,23,26)/t17-,18-/m0/s1. The van der Waals surface area contributed by atoms with E-state index in [0.717, 1.165) is 49.0 Å². The topological polar surface area (TPSA) is 77.1 Å². The highest BCUT2D eigenvalue weighted by Crippen LogP contribution is 2.29. The van der Waals surface area contributed by atoms with Gasteiger partial charge in [0.05, 0.1) is 18.8 Å². The Morgan fingerprint density at radius 1 is 1.13 bits per heavy atom. The summed E-state index contributed by atoms with van der Waals surface area (Å²) in [6, 6.07) is 7.33. The molecular weight excluding hydrogens is 404 g/mol. The predicted molar refractivity (Wildman–Crippen MR) is 116 cm³/mol. The van der Waals surface area contributed by atoms with Gasteiger partial charge in [-0.15, -0.1) is 11.3 Å². The number of ether oxygens (including phenoxy) is 3. The van der Waals surface area contributed by atoms with Gasteiger partial charge in [0, 0.05) is 36.7 Å². The average molecular weight is 433 g/mol. The van der Waals surface area contributed by atoms with Crippen molar-refractivity contribution in [1.29, 1.82) is 0 Å². The third kappa shape index (κ3) is 5.11. The molecule has 0 spiro atoms. The molecule has 0 bridgehead atoms. The molecule has 0 aliphatic carbocycles. The number of benzene rings is 1. The number of carbonyl (C=O) groups is 2. The van der Waals surface area contributed by atoms with Crippen molar-refractivity contribution in [3.63, 3.8) is 0 Å². The quantitative estimate of drug-likeness (QED) is 0.661. The molecule has 7 nitrogen and oxygen atoms in total. The molecule has 3 heterocycles. The Hall–Kier alpha value is -2.16. The molecule has 2 amide bonds. The van der Waals surface area contributed by atoms with E-state index in [1.54, 1.807) is 6.92 Å². The van der Waals surface area contributed by atoms with E-state index in [2.05, 4.69) is 5.32 Å². The molecule has 2 fully saturated rings. The molecule has 0 radical (unpaired) electrons. The molecule has 1 aromatic heterocycles. The number of anilines is 1. The maximum atomic E-state index is 13.1. The van der Waals surface area contributed by atoms with Crippen LogP contribution in [0.1, 0.15) is 42.3 Å². The van der Waals surface area contributed by atoms with Crippen molar-refractivity contribution < 1.29 is 23.8 Å². The molecule has 1 aromatic carbocycles. The van der Waals surface area contributed by atoms with E-state index in [4.69, 9.17) is 14.2 Å². The van der Waals surface area contributed by atoms with Crippen LogP contribution in [0, 0.1) is 0 Å². The summed E-state index contributed by atoms with van der Waals surface area (Å²) in [7, 11) is 0. The lowest BCUT2D eigenvalue weighted by molar-refractivity contribution is 0.0523. The molecule has 8 heteroatoms. The third-order valence-corrected chi connectivity index (χ3v) is 6.52. The zero-order chi connectivity index (χ0) is 20.9. The Morgan fingerprint density at radius 2 is 1.83 bits per heavy atom. The molecule has 1 N–H and O–H groups in total. The summed E-state index contributed by atoms with van der Waals surface area (Å²) in [6.45, 7) is 4.80. The second-order valence-electron chi connectivity index (χ2n) is 7.69. The van der Waals surface area contributed by atoms with Gasteiger partial charge in [-0.3, -0.25) is 0 Å². The maximum Gasteiger partial charge on any atom is 0.348 e. The van der Waals surface area contributed by atoms with Gasteiger partial charge in [-0.2, -0.15) is 0 Å². The molecule has 30 heavy (non-hydrogen) atoms. The van der Waals surface area contributed by atoms with Gasteiger partial charge in [-0.1, -0.05) is 0 Å². The number of nitrogens with zero attached hydrogens (tertiary/aromatic N) is 1. The van der Waals surface area contributed by atoms with E-state index in [1.165, 1.54) is 11.3 Å². The predicted octanol–water partition coefficient (Wildman–Crippen LogP) is 4.27. The molecule has 2 atom stereocenters. The molecule has 4 rings (SSSR count). The lowest BCUT2D eigenvalue weighted by Gasteiger charge is -2.28. The zero-order valence-electron chi connectivity index (χ0n) is 17.2. The van der Waals surface area contributed by atoms with Crippen LogP contribution in [0.2, 0.25) is 0 Å². The molecule has 162 valence electrons. The van der Waals surface area contributed by atoms with Crippen LogP contribution >= 0.6 is 11.3 Å². The minimum atomic E-state index is -0.316. The molecule has 2 aromatic rings. The van der Waals surface area contributed by atoms with Gasteiger partial charge >= 0.3 is 12.0 Å². The largest absolute Gasteiger partial charge is 0.462 e. The Labute approximate surface area is 180 Å². The minimum Gasteiger partial charge on any atom is -0.462 e. The summed E-state index contributed by atoms with van der Waals surface area (Å²) in [6.07, 6.45) is 4.21. The Kier molecular flexibility index (Phi) is 6.86. The number of hydrogen-bond acceptors (Lipinski definition) is 6. The Morgan fingerprint density at radius 3 is 2.43 bits per heavy atom. The first-order valence-corrected chi connectivity index (χ1v) is 11.4. The van der Waals surface area contributed by atoms with Crippen molar-refractivity contribution in [1.82, 2.24) is 4.90 Å². The number of rotatable bonds is 7. The fourth-order valence-electron chi connectivity index (χ4n) is 3.94. The van der Waals surface area contributed by atoms with Gasteiger partial charge < -0.3 is 24.4 Å². The van der Waals surface area contributed by atoms with Crippen molar-refractivity contribution in [2.75, 3.05) is 38.2 Å². The van der Waals surface area contributed by atoms with Crippen LogP contribution in [0.3, 0.4) is 0 Å². The first kappa shape index (κ1) is 21.1. The number of fused-ring (bicyclic) bond motifs is 1. The first-order chi connectivity index (χ1) is 14.6. The smallest absolute Gasteiger partial charge is 0.348 e. The number of carbonyl (C=O) groups excluding carboxylic acids is 2. The molecule has 2 saturated heterocycles. The summed E-state index contributed by atoms with van der Waals surface area (Å²) in [5.41, 5.74) is 0.699. The van der Waals surface area contributed by atoms with E-state index in [9.17, 15) is 9.59 Å². The second-order valence-corrected chi connectivity index (χ2v) is 8.77. The van der Waals surface area contributed by atoms with Crippen LogP contribution in [0.25, 0.3) is 10.1 Å². The highest BCUT2D eigenvalue weighted by atomic mass is 32.1. The summed E-state index contributed by atoms with van der Waals surface area (Å²) >= 11 is 1.39. The Bertz CT molecular complexity index is 869. The van der Waals surface area contributed by atoms with E-state index in [0.29, 0.717) is 30.3 Å². The number of urea groups is 1. The van der Waals surface area contributed by atoms with Gasteiger partial charge in [0.1, 0.15) is 4.88 Å². The number of amides is 2. The van der Waals surface area contributed by atoms with Gasteiger partial charge in [-0.05, 0) is 62.3 Å². The SMILES string of the molecule is CCOC(=O)c1cc2cc(NC(=O)N(C[C@@H]3CCCO3)C[C@@H]3CCCO3)ccc2s1. The summed E-state index contributed by atoms with van der Waals surface area (Å²) in [5, 5.41) is 3.92. The van der Waals surface area contributed by atoms with Crippen molar-refractivity contribution in [2.24, 2.45) is 0 Å². The maximum absolute atomic E-state index is 13.1. The van der Waals surface area contributed by atoms with Crippen molar-refractivity contribution in [3.8, 4) is 0 Å². The fraction of sp³-hybridized carbons (Fsp3) is 0.545. The average Bonchev–Trinajstić information content (AvgIpc) is 3.49. The van der Waals surface area contributed by atoms with Crippen LogP contribution in [-0.4, -0.2) is 62.0 Å². The van der Waals surface area contributed by atoms with Gasteiger partial charge in [0.2, 0.25) is 0 Å². The van der Waals surface area contributed by atoms with Gasteiger partial charge in [0.25, 0.3) is 0 Å². The van der Waals surface area contributed by atoms with Crippen molar-refractivity contribution >= 4 is 39.1 Å². The number of esters is 1. The van der Waals surface area contributed by atoms with Crippen LogP contribution in [0.15, 0.2) is 24.3 Å². The minimum absolute atomic E-state index is 0.0867. The van der Waals surface area contributed by atoms with Crippen molar-refractivity contribution in [3.05, 3.63) is 29.1 Å². The van der Waals surface area contributed by atoms with Crippen LogP contribution in [-0.2, 0) is 14.2 Å². The Balaban J connectivity index is 1.45. The number of thiophene rings is 1. The monoisotopic (exact) mass is 432 g/mol. The highest BCUT2D eigenvalue weighted by Gasteiger charge is 2.27. The lowest BCUT2D eigenvalue weighted by Crippen LogP contribution is -2.44. The molecule has 2 aliphatic rings. The lowest BCUT2D eigenvalue weighted by atomic mass is 10.2. The third-order valence-electron chi connectivity index (χ3n) is 5.43. The second kappa shape index (κ2) is 9.76. The van der Waals surface area contributed by atoms with E-state index >= 15 is 0 Å². The fourth-order valence-corrected chi connectivity index (χ4v) is 4.87. The van der Waals surface area contributed by atoms with E-state index in [1.807, 2.05) is 29.2 Å². The molecule has 2 aliphatic heterocycles. The normalized spacial score (nSPS) is 21.1. The first-order valence-electron chi connectivity index (χ1n) is 10.6. The van der Waals surface area contributed by atoms with Gasteiger partial charge in [-0.25, -0.2) is 9.59 Å². The summed E-state index contributed by atoms with van der Waals surface area (Å²) < 4.78 is 17.6.